The van der Waals surface area contributed by atoms with E-state index < -0.39 is 5.69 Å². The molecule has 0 amide bonds. The second-order valence-electron chi connectivity index (χ2n) is 3.70. The molecule has 5 nitrogen and oxygen atoms in total. The average molecular weight is 296 g/mol. The molecule has 0 unspecified atom stereocenters. The first-order chi connectivity index (χ1) is 7.93. The lowest BCUT2D eigenvalue weighted by atomic mass is 10.4. The fourth-order valence-corrected chi connectivity index (χ4v) is 2.02. The minimum absolute atomic E-state index is 0.341. The molecular formula is C11H10BrN3O2. The average Bonchev–Trinajstić information content (AvgIpc) is 2.48. The number of carbonyl (C=O) groups is 1. The number of allylic oxidation sites excluding steroid dienone is 1. The molecule has 0 aliphatic carbocycles. The van der Waals surface area contributed by atoms with Crippen LogP contribution in [0.3, 0.4) is 0 Å². The molecule has 0 radical (unpaired) electrons. The Labute approximate surface area is 106 Å². The van der Waals surface area contributed by atoms with Crippen LogP contribution in [0.5, 0.6) is 0 Å². The minimum atomic E-state index is -0.439. The Hall–Kier alpha value is -1.69. The summed E-state index contributed by atoms with van der Waals surface area (Å²) in [6.07, 6.45) is 1.55. The van der Waals surface area contributed by atoms with Crippen molar-refractivity contribution in [1.82, 2.24) is 14.1 Å². The number of fused-ring (bicyclic) bond motifs is 1. The van der Waals surface area contributed by atoms with Crippen molar-refractivity contribution >= 4 is 38.7 Å². The Morgan fingerprint density at radius 3 is 2.59 bits per heavy atom. The molecule has 17 heavy (non-hydrogen) atoms. The Kier molecular flexibility index (Phi) is 2.74. The Balaban J connectivity index is 3.04. The summed E-state index contributed by atoms with van der Waals surface area (Å²) in [6.45, 7) is 6.76. The van der Waals surface area contributed by atoms with E-state index in [0.29, 0.717) is 16.9 Å². The van der Waals surface area contributed by atoms with Gasteiger partial charge < -0.3 is 0 Å². The third-order valence-electron chi connectivity index (χ3n) is 2.35. The number of imidazole rings is 1. The van der Waals surface area contributed by atoms with Crippen LogP contribution in [-0.2, 0) is 0 Å². The summed E-state index contributed by atoms with van der Waals surface area (Å²) in [6, 6.07) is 1.73. The van der Waals surface area contributed by atoms with Crippen molar-refractivity contribution in [3.8, 4) is 0 Å². The summed E-state index contributed by atoms with van der Waals surface area (Å²) in [4.78, 5) is 27.6. The topological polar surface area (TPSA) is 56.9 Å². The molecule has 2 heterocycles. The number of hydrogen-bond donors (Lipinski definition) is 0. The fraction of sp³-hybridized carbons (Fsp3) is 0.182. The summed E-state index contributed by atoms with van der Waals surface area (Å²) < 4.78 is 3.14. The van der Waals surface area contributed by atoms with Gasteiger partial charge in [0.05, 0.1) is 5.52 Å². The maximum atomic E-state index is 12.1. The van der Waals surface area contributed by atoms with Crippen molar-refractivity contribution in [2.75, 3.05) is 0 Å². The Morgan fingerprint density at radius 1 is 1.41 bits per heavy atom. The molecule has 0 bridgehead atoms. The smallest absolute Gasteiger partial charge is 0.274 e. The van der Waals surface area contributed by atoms with Crippen molar-refractivity contribution in [2.24, 2.45) is 0 Å². The molecule has 0 N–H and O–H groups in total. The minimum Gasteiger partial charge on any atom is -0.274 e. The van der Waals surface area contributed by atoms with Crippen LogP contribution < -0.4 is 5.69 Å². The standard InChI is InChI=1S/C11H10BrN3O2/c1-6(2)14-9-4-8(12)5-13-10(9)15(7(3)16)11(14)17/h4-5H,1H2,2-3H3. The quantitative estimate of drug-likeness (QED) is 0.810. The van der Waals surface area contributed by atoms with E-state index in [1.165, 1.54) is 11.5 Å². The maximum Gasteiger partial charge on any atom is 0.341 e. The molecule has 0 atom stereocenters. The predicted octanol–water partition coefficient (Wildman–Crippen LogP) is 2.11. The molecule has 0 aliphatic heterocycles. The van der Waals surface area contributed by atoms with Crippen LogP contribution in [0.15, 0.2) is 28.1 Å². The Morgan fingerprint density at radius 2 is 2.06 bits per heavy atom. The van der Waals surface area contributed by atoms with Crippen molar-refractivity contribution in [3.63, 3.8) is 0 Å². The molecule has 6 heteroatoms. The third kappa shape index (κ3) is 1.74. The van der Waals surface area contributed by atoms with Crippen LogP contribution >= 0.6 is 15.9 Å². The number of aromatic nitrogens is 3. The maximum absolute atomic E-state index is 12.1. The molecule has 88 valence electrons. The van der Waals surface area contributed by atoms with Crippen molar-refractivity contribution in [1.29, 1.82) is 0 Å². The van der Waals surface area contributed by atoms with Gasteiger partial charge in [-0.1, -0.05) is 6.58 Å². The van der Waals surface area contributed by atoms with E-state index in [-0.39, 0.29) is 5.91 Å². The number of carbonyl (C=O) groups excluding carboxylic acids is 1. The highest BCUT2D eigenvalue weighted by atomic mass is 79.9. The largest absolute Gasteiger partial charge is 0.341 e. The zero-order valence-corrected chi connectivity index (χ0v) is 11.0. The number of halogens is 1. The number of pyridine rings is 1. The molecular weight excluding hydrogens is 286 g/mol. The van der Waals surface area contributed by atoms with Crippen LogP contribution in [0, 0.1) is 0 Å². The normalized spacial score (nSPS) is 10.8. The van der Waals surface area contributed by atoms with E-state index in [4.69, 9.17) is 0 Å². The van der Waals surface area contributed by atoms with Gasteiger partial charge in [0.15, 0.2) is 5.65 Å². The highest BCUT2D eigenvalue weighted by Crippen LogP contribution is 2.18. The van der Waals surface area contributed by atoms with Gasteiger partial charge in [-0.15, -0.1) is 0 Å². The van der Waals surface area contributed by atoms with Crippen LogP contribution in [0.4, 0.5) is 0 Å². The van der Waals surface area contributed by atoms with Crippen molar-refractivity contribution < 1.29 is 4.79 Å². The highest BCUT2D eigenvalue weighted by molar-refractivity contribution is 9.10. The summed E-state index contributed by atoms with van der Waals surface area (Å²) in [5, 5.41) is 0. The third-order valence-corrected chi connectivity index (χ3v) is 2.78. The summed E-state index contributed by atoms with van der Waals surface area (Å²) in [5.41, 5.74) is 1.01. The van der Waals surface area contributed by atoms with Gasteiger partial charge in [-0.05, 0) is 28.9 Å². The summed E-state index contributed by atoms with van der Waals surface area (Å²) in [5.74, 6) is -0.366. The molecule has 2 aromatic rings. The van der Waals surface area contributed by atoms with E-state index in [1.807, 2.05) is 0 Å². The molecule has 0 aromatic carbocycles. The summed E-state index contributed by atoms with van der Waals surface area (Å²) >= 11 is 3.28. The molecule has 0 saturated heterocycles. The van der Waals surface area contributed by atoms with Gasteiger partial charge in [-0.2, -0.15) is 0 Å². The zero-order chi connectivity index (χ0) is 12.7. The van der Waals surface area contributed by atoms with Gasteiger partial charge in [0, 0.05) is 23.3 Å². The van der Waals surface area contributed by atoms with Crippen LogP contribution in [0.1, 0.15) is 18.6 Å². The van der Waals surface area contributed by atoms with E-state index in [1.54, 1.807) is 19.2 Å². The van der Waals surface area contributed by atoms with E-state index in [2.05, 4.69) is 27.5 Å². The van der Waals surface area contributed by atoms with Crippen LogP contribution in [-0.4, -0.2) is 20.0 Å². The van der Waals surface area contributed by atoms with Crippen molar-refractivity contribution in [2.45, 2.75) is 13.8 Å². The lowest BCUT2D eigenvalue weighted by Gasteiger charge is -1.99. The van der Waals surface area contributed by atoms with E-state index in [9.17, 15) is 9.59 Å². The number of nitrogens with zero attached hydrogens (tertiary/aromatic N) is 3. The molecule has 0 aliphatic rings. The lowest BCUT2D eigenvalue weighted by Crippen LogP contribution is -2.26. The number of hydrogen-bond acceptors (Lipinski definition) is 3. The second kappa shape index (κ2) is 3.96. The molecule has 0 fully saturated rings. The van der Waals surface area contributed by atoms with Crippen LogP contribution in [0.2, 0.25) is 0 Å². The monoisotopic (exact) mass is 295 g/mol. The van der Waals surface area contributed by atoms with E-state index in [0.717, 1.165) is 9.04 Å². The number of rotatable bonds is 1. The van der Waals surface area contributed by atoms with Gasteiger partial charge in [0.2, 0.25) is 5.91 Å². The Bertz CT molecular complexity index is 697. The first kappa shape index (κ1) is 11.8. The van der Waals surface area contributed by atoms with Gasteiger partial charge >= 0.3 is 5.69 Å². The van der Waals surface area contributed by atoms with E-state index >= 15 is 0 Å². The second-order valence-corrected chi connectivity index (χ2v) is 4.62. The first-order valence-electron chi connectivity index (χ1n) is 4.89. The molecule has 0 saturated carbocycles. The van der Waals surface area contributed by atoms with Crippen LogP contribution in [0.25, 0.3) is 16.9 Å². The summed E-state index contributed by atoms with van der Waals surface area (Å²) in [7, 11) is 0. The van der Waals surface area contributed by atoms with Gasteiger partial charge in [0.25, 0.3) is 0 Å². The highest BCUT2D eigenvalue weighted by Gasteiger charge is 2.17. The van der Waals surface area contributed by atoms with Gasteiger partial charge in [-0.3, -0.25) is 9.36 Å². The predicted molar refractivity (Wildman–Crippen MR) is 69.0 cm³/mol. The molecule has 2 rings (SSSR count). The van der Waals surface area contributed by atoms with Gasteiger partial charge in [-0.25, -0.2) is 14.3 Å². The van der Waals surface area contributed by atoms with Crippen molar-refractivity contribution in [3.05, 3.63) is 33.8 Å². The lowest BCUT2D eigenvalue weighted by molar-refractivity contribution is 0.0936. The fourth-order valence-electron chi connectivity index (χ4n) is 1.70. The first-order valence-corrected chi connectivity index (χ1v) is 5.68. The zero-order valence-electron chi connectivity index (χ0n) is 9.40. The molecule has 2 aromatic heterocycles. The van der Waals surface area contributed by atoms with Gasteiger partial charge in [0.1, 0.15) is 0 Å². The SMILES string of the molecule is C=C(C)n1c(=O)n(C(C)=O)c2ncc(Br)cc21. The molecule has 0 spiro atoms.